The Hall–Kier alpha value is -0.900. The Labute approximate surface area is 122 Å². The SMILES string of the molecule is O[C@@H]1CCC[C@H]1N1CCCN(Cc2ccccc2)CC1. The van der Waals surface area contributed by atoms with Crippen molar-refractivity contribution in [3.63, 3.8) is 0 Å². The van der Waals surface area contributed by atoms with Crippen LogP contribution in [0.2, 0.25) is 0 Å². The van der Waals surface area contributed by atoms with Gasteiger partial charge >= 0.3 is 0 Å². The Bertz CT molecular complexity index is 409. The lowest BCUT2D eigenvalue weighted by molar-refractivity contribution is 0.0726. The molecule has 0 amide bonds. The molecule has 2 atom stereocenters. The third-order valence-corrected chi connectivity index (χ3v) is 4.79. The summed E-state index contributed by atoms with van der Waals surface area (Å²) in [5, 5.41) is 10.1. The fourth-order valence-electron chi connectivity index (χ4n) is 3.67. The number of hydrogen-bond acceptors (Lipinski definition) is 3. The van der Waals surface area contributed by atoms with Gasteiger partial charge in [0.05, 0.1) is 6.10 Å². The quantitative estimate of drug-likeness (QED) is 0.914. The van der Waals surface area contributed by atoms with Crippen LogP contribution in [0, 0.1) is 0 Å². The summed E-state index contributed by atoms with van der Waals surface area (Å²) in [4.78, 5) is 5.08. The van der Waals surface area contributed by atoms with Crippen LogP contribution in [-0.4, -0.2) is 53.2 Å². The van der Waals surface area contributed by atoms with Gasteiger partial charge in [0.1, 0.15) is 0 Å². The molecule has 3 rings (SSSR count). The summed E-state index contributed by atoms with van der Waals surface area (Å²) in [5.74, 6) is 0. The van der Waals surface area contributed by atoms with Crippen molar-refractivity contribution >= 4 is 0 Å². The smallest absolute Gasteiger partial charge is 0.0695 e. The molecule has 1 aromatic rings. The van der Waals surface area contributed by atoms with Crippen LogP contribution in [0.4, 0.5) is 0 Å². The van der Waals surface area contributed by atoms with Crippen LogP contribution in [0.5, 0.6) is 0 Å². The van der Waals surface area contributed by atoms with Crippen molar-refractivity contribution in [1.29, 1.82) is 0 Å². The molecule has 3 nitrogen and oxygen atoms in total. The molecule has 1 saturated carbocycles. The Morgan fingerprint density at radius 3 is 2.55 bits per heavy atom. The summed E-state index contributed by atoms with van der Waals surface area (Å²) in [6.45, 7) is 5.61. The number of benzene rings is 1. The second-order valence-corrected chi connectivity index (χ2v) is 6.22. The van der Waals surface area contributed by atoms with E-state index in [1.807, 2.05) is 0 Å². The lowest BCUT2D eigenvalue weighted by Crippen LogP contribution is -2.42. The molecular formula is C17H26N2O. The maximum atomic E-state index is 10.1. The lowest BCUT2D eigenvalue weighted by atomic mass is 10.1. The van der Waals surface area contributed by atoms with E-state index in [-0.39, 0.29) is 6.10 Å². The zero-order valence-electron chi connectivity index (χ0n) is 12.2. The molecule has 0 unspecified atom stereocenters. The molecule has 110 valence electrons. The first-order valence-electron chi connectivity index (χ1n) is 8.01. The first kappa shape index (κ1) is 14.1. The van der Waals surface area contributed by atoms with Crippen molar-refractivity contribution in [2.24, 2.45) is 0 Å². The van der Waals surface area contributed by atoms with Crippen LogP contribution in [0.15, 0.2) is 30.3 Å². The molecule has 1 aliphatic carbocycles. The highest BCUT2D eigenvalue weighted by Crippen LogP contribution is 2.25. The van der Waals surface area contributed by atoms with E-state index in [1.165, 1.54) is 31.4 Å². The van der Waals surface area contributed by atoms with Gasteiger partial charge in [-0.25, -0.2) is 0 Å². The van der Waals surface area contributed by atoms with Crippen molar-refractivity contribution in [3.8, 4) is 0 Å². The van der Waals surface area contributed by atoms with Gasteiger partial charge in [0, 0.05) is 25.7 Å². The highest BCUT2D eigenvalue weighted by Gasteiger charge is 2.31. The van der Waals surface area contributed by atoms with E-state index in [0.717, 1.165) is 32.6 Å². The van der Waals surface area contributed by atoms with Crippen molar-refractivity contribution < 1.29 is 5.11 Å². The standard InChI is InChI=1S/C17H26N2O/c20-17-9-4-8-16(17)19-11-5-10-18(12-13-19)14-15-6-2-1-3-7-15/h1-3,6-7,16-17,20H,4-5,8-14H2/t16-,17-/m1/s1. The fourth-order valence-corrected chi connectivity index (χ4v) is 3.67. The van der Waals surface area contributed by atoms with Crippen LogP contribution < -0.4 is 0 Å². The highest BCUT2D eigenvalue weighted by atomic mass is 16.3. The Balaban J connectivity index is 1.54. The van der Waals surface area contributed by atoms with Crippen molar-refractivity contribution in [1.82, 2.24) is 9.80 Å². The van der Waals surface area contributed by atoms with Gasteiger partial charge in [-0.1, -0.05) is 30.3 Å². The fraction of sp³-hybridized carbons (Fsp3) is 0.647. The zero-order chi connectivity index (χ0) is 13.8. The van der Waals surface area contributed by atoms with E-state index in [9.17, 15) is 5.11 Å². The Morgan fingerprint density at radius 2 is 1.80 bits per heavy atom. The molecule has 1 heterocycles. The first-order chi connectivity index (χ1) is 9.83. The molecule has 0 aromatic heterocycles. The van der Waals surface area contributed by atoms with Crippen LogP contribution >= 0.6 is 0 Å². The van der Waals surface area contributed by atoms with Crippen molar-refractivity contribution in [2.75, 3.05) is 26.2 Å². The van der Waals surface area contributed by atoms with Gasteiger partial charge in [-0.2, -0.15) is 0 Å². The third-order valence-electron chi connectivity index (χ3n) is 4.79. The average molecular weight is 274 g/mol. The summed E-state index contributed by atoms with van der Waals surface area (Å²) in [6.07, 6.45) is 4.50. The molecule has 1 N–H and O–H groups in total. The number of rotatable bonds is 3. The summed E-state index contributed by atoms with van der Waals surface area (Å²) in [5.41, 5.74) is 1.40. The van der Waals surface area contributed by atoms with E-state index in [2.05, 4.69) is 40.1 Å². The van der Waals surface area contributed by atoms with Crippen LogP contribution in [0.1, 0.15) is 31.2 Å². The summed E-state index contributed by atoms with van der Waals surface area (Å²) in [7, 11) is 0. The Morgan fingerprint density at radius 1 is 0.950 bits per heavy atom. The molecule has 2 aliphatic rings. The van der Waals surface area contributed by atoms with Gasteiger partial charge in [0.25, 0.3) is 0 Å². The number of nitrogens with zero attached hydrogens (tertiary/aromatic N) is 2. The zero-order valence-corrected chi connectivity index (χ0v) is 12.2. The second-order valence-electron chi connectivity index (χ2n) is 6.22. The van der Waals surface area contributed by atoms with Gasteiger partial charge in [-0.3, -0.25) is 9.80 Å². The van der Waals surface area contributed by atoms with Crippen molar-refractivity contribution in [3.05, 3.63) is 35.9 Å². The molecule has 1 aliphatic heterocycles. The summed E-state index contributed by atoms with van der Waals surface area (Å²) >= 11 is 0. The maximum absolute atomic E-state index is 10.1. The number of hydrogen-bond donors (Lipinski definition) is 1. The van der Waals surface area contributed by atoms with Crippen LogP contribution in [0.25, 0.3) is 0 Å². The highest BCUT2D eigenvalue weighted by molar-refractivity contribution is 5.14. The molecule has 0 spiro atoms. The van der Waals surface area contributed by atoms with Gasteiger partial charge in [0.2, 0.25) is 0 Å². The van der Waals surface area contributed by atoms with E-state index >= 15 is 0 Å². The van der Waals surface area contributed by atoms with E-state index in [0.29, 0.717) is 6.04 Å². The Kier molecular flexibility index (Phi) is 4.71. The first-order valence-corrected chi connectivity index (χ1v) is 8.01. The number of aliphatic hydroxyl groups is 1. The second kappa shape index (κ2) is 6.70. The maximum Gasteiger partial charge on any atom is 0.0695 e. The summed E-state index contributed by atoms with van der Waals surface area (Å²) < 4.78 is 0. The van der Waals surface area contributed by atoms with E-state index in [4.69, 9.17) is 0 Å². The average Bonchev–Trinajstić information content (AvgIpc) is 2.76. The normalized spacial score (nSPS) is 29.4. The molecule has 3 heteroatoms. The molecule has 20 heavy (non-hydrogen) atoms. The molecular weight excluding hydrogens is 248 g/mol. The molecule has 0 bridgehead atoms. The van der Waals surface area contributed by atoms with E-state index < -0.39 is 0 Å². The summed E-state index contributed by atoms with van der Waals surface area (Å²) in [6, 6.07) is 11.2. The van der Waals surface area contributed by atoms with Gasteiger partial charge in [0.15, 0.2) is 0 Å². The minimum absolute atomic E-state index is 0.0873. The topological polar surface area (TPSA) is 26.7 Å². The predicted octanol–water partition coefficient (Wildman–Crippen LogP) is 2.11. The van der Waals surface area contributed by atoms with E-state index in [1.54, 1.807) is 0 Å². The minimum atomic E-state index is -0.0873. The lowest BCUT2D eigenvalue weighted by Gasteiger charge is -2.29. The van der Waals surface area contributed by atoms with Gasteiger partial charge < -0.3 is 5.11 Å². The monoisotopic (exact) mass is 274 g/mol. The predicted molar refractivity (Wildman–Crippen MR) is 81.6 cm³/mol. The minimum Gasteiger partial charge on any atom is -0.391 e. The van der Waals surface area contributed by atoms with Crippen LogP contribution in [-0.2, 0) is 6.54 Å². The molecule has 1 saturated heterocycles. The molecule has 2 fully saturated rings. The van der Waals surface area contributed by atoms with Gasteiger partial charge in [-0.15, -0.1) is 0 Å². The third kappa shape index (κ3) is 3.40. The molecule has 0 radical (unpaired) electrons. The number of aliphatic hydroxyl groups excluding tert-OH is 1. The van der Waals surface area contributed by atoms with Crippen molar-refractivity contribution in [2.45, 2.75) is 44.4 Å². The van der Waals surface area contributed by atoms with Crippen LogP contribution in [0.3, 0.4) is 0 Å². The molecule has 1 aromatic carbocycles. The largest absolute Gasteiger partial charge is 0.391 e. The van der Waals surface area contributed by atoms with Gasteiger partial charge in [-0.05, 0) is 44.3 Å².